The maximum atomic E-state index is 12.8. The number of ether oxygens (including phenoxy) is 3. The lowest BCUT2D eigenvalue weighted by molar-refractivity contribution is -0.141. The molecule has 1 atom stereocenters. The lowest BCUT2D eigenvalue weighted by Crippen LogP contribution is -2.23. The average molecular weight is 403 g/mol. The summed E-state index contributed by atoms with van der Waals surface area (Å²) >= 11 is 0. The molecule has 0 bridgehead atoms. The summed E-state index contributed by atoms with van der Waals surface area (Å²) in [6.45, 7) is 0. The second-order valence-electron chi connectivity index (χ2n) is 6.33. The zero-order valence-electron chi connectivity index (χ0n) is 16.9. The van der Waals surface area contributed by atoms with Gasteiger partial charge in [-0.15, -0.1) is 0 Å². The Balaban J connectivity index is 2.15. The quantitative estimate of drug-likeness (QED) is 0.597. The molecule has 1 N–H and O–H groups in total. The number of hydrogen-bond donors (Lipinski definition) is 1. The first kappa shape index (κ1) is 20.7. The topological polar surface area (TPSA) is 93.5 Å². The normalized spacial score (nSPS) is 11.1. The number of esters is 1. The number of nitrogens with one attached hydrogen (secondary N) is 1. The molecule has 30 heavy (non-hydrogen) atoms. The van der Waals surface area contributed by atoms with Gasteiger partial charge in [-0.05, 0) is 53.6 Å². The van der Waals surface area contributed by atoms with E-state index in [1.54, 1.807) is 49.8 Å². The molecule has 0 amide bonds. The van der Waals surface area contributed by atoms with Crippen LogP contribution >= 0.6 is 0 Å². The maximum absolute atomic E-state index is 12.8. The van der Waals surface area contributed by atoms with Crippen LogP contribution in [0.4, 0.5) is 5.69 Å². The van der Waals surface area contributed by atoms with Crippen molar-refractivity contribution in [3.8, 4) is 28.7 Å². The number of aromatic nitrogens is 1. The number of hydrogen-bond acceptors (Lipinski definition) is 7. The molecule has 2 aromatic carbocycles. The monoisotopic (exact) mass is 403 g/mol. The Kier molecular flexibility index (Phi) is 6.50. The van der Waals surface area contributed by atoms with Crippen LogP contribution in [0.25, 0.3) is 11.1 Å². The number of nitriles is 1. The maximum Gasteiger partial charge on any atom is 0.333 e. The number of rotatable bonds is 7. The van der Waals surface area contributed by atoms with Crippen molar-refractivity contribution >= 4 is 11.7 Å². The van der Waals surface area contributed by atoms with Crippen LogP contribution in [0.5, 0.6) is 11.5 Å². The second kappa shape index (κ2) is 9.43. The number of methoxy groups -OCH3 is 3. The van der Waals surface area contributed by atoms with Crippen molar-refractivity contribution in [1.82, 2.24) is 4.98 Å². The van der Waals surface area contributed by atoms with Gasteiger partial charge in [0.25, 0.3) is 0 Å². The van der Waals surface area contributed by atoms with Crippen LogP contribution in [-0.4, -0.2) is 32.3 Å². The average Bonchev–Trinajstić information content (AvgIpc) is 2.82. The molecular formula is C23H21N3O4. The molecule has 7 nitrogen and oxygen atoms in total. The molecule has 0 fully saturated rings. The summed E-state index contributed by atoms with van der Waals surface area (Å²) in [4.78, 5) is 16.9. The van der Waals surface area contributed by atoms with Crippen molar-refractivity contribution in [2.75, 3.05) is 26.6 Å². The molecule has 0 radical (unpaired) electrons. The van der Waals surface area contributed by atoms with Crippen LogP contribution in [0.15, 0.2) is 60.9 Å². The van der Waals surface area contributed by atoms with E-state index in [9.17, 15) is 4.79 Å². The Labute approximate surface area is 174 Å². The zero-order chi connectivity index (χ0) is 21.5. The summed E-state index contributed by atoms with van der Waals surface area (Å²) < 4.78 is 16.0. The van der Waals surface area contributed by atoms with Crippen molar-refractivity contribution in [2.24, 2.45) is 0 Å². The van der Waals surface area contributed by atoms with Gasteiger partial charge in [0.05, 0.1) is 33.0 Å². The van der Waals surface area contributed by atoms with E-state index in [4.69, 9.17) is 19.5 Å². The summed E-state index contributed by atoms with van der Waals surface area (Å²) in [5.41, 5.74) is 3.38. The number of carbonyl (C=O) groups excluding carboxylic acids is 1. The first-order valence-corrected chi connectivity index (χ1v) is 9.12. The second-order valence-corrected chi connectivity index (χ2v) is 6.33. The lowest BCUT2D eigenvalue weighted by Gasteiger charge is -2.23. The van der Waals surface area contributed by atoms with Crippen LogP contribution in [0.2, 0.25) is 0 Å². The molecule has 0 saturated carbocycles. The third kappa shape index (κ3) is 4.33. The summed E-state index contributed by atoms with van der Waals surface area (Å²) in [5.74, 6) is 0.537. The minimum Gasteiger partial charge on any atom is -0.493 e. The Morgan fingerprint density at radius 2 is 1.77 bits per heavy atom. The fraction of sp³-hybridized carbons (Fsp3) is 0.174. The van der Waals surface area contributed by atoms with Gasteiger partial charge in [0.1, 0.15) is 0 Å². The third-order valence-electron chi connectivity index (χ3n) is 4.60. The molecule has 0 aliphatic rings. The molecule has 1 aromatic heterocycles. The first-order valence-electron chi connectivity index (χ1n) is 9.12. The van der Waals surface area contributed by atoms with Crippen molar-refractivity contribution in [3.05, 3.63) is 72.1 Å². The van der Waals surface area contributed by atoms with E-state index in [2.05, 4.69) is 16.4 Å². The van der Waals surface area contributed by atoms with Crippen molar-refractivity contribution in [3.63, 3.8) is 0 Å². The number of anilines is 1. The Morgan fingerprint density at radius 1 is 1.07 bits per heavy atom. The number of benzene rings is 2. The number of nitrogens with zero attached hydrogens (tertiary/aromatic N) is 2. The standard InChI is InChI=1S/C23H21N3O4/c1-28-20-11-18(16-5-4-10-25-14-16)19(12-21(20)29-2)22(23(27)30-3)26-17-8-6-15(13-24)7-9-17/h4-12,14,22,26H,1-3H3. The van der Waals surface area contributed by atoms with Crippen molar-refractivity contribution in [1.29, 1.82) is 5.26 Å². The zero-order valence-corrected chi connectivity index (χ0v) is 16.9. The molecule has 3 rings (SSSR count). The molecule has 0 aliphatic carbocycles. The van der Waals surface area contributed by atoms with Gasteiger partial charge in [0, 0.05) is 23.6 Å². The summed E-state index contributed by atoms with van der Waals surface area (Å²) in [6, 6.07) is 15.3. The molecule has 1 unspecified atom stereocenters. The summed E-state index contributed by atoms with van der Waals surface area (Å²) in [6.07, 6.45) is 3.39. The van der Waals surface area contributed by atoms with Crippen LogP contribution in [0.3, 0.4) is 0 Å². The Bertz CT molecular complexity index is 1060. The minimum atomic E-state index is -0.835. The third-order valence-corrected chi connectivity index (χ3v) is 4.60. The first-order chi connectivity index (χ1) is 14.6. The highest BCUT2D eigenvalue weighted by Crippen LogP contribution is 2.39. The van der Waals surface area contributed by atoms with E-state index < -0.39 is 12.0 Å². The van der Waals surface area contributed by atoms with Gasteiger partial charge < -0.3 is 19.5 Å². The largest absolute Gasteiger partial charge is 0.493 e. The van der Waals surface area contributed by atoms with E-state index in [1.807, 2.05) is 18.2 Å². The van der Waals surface area contributed by atoms with Crippen molar-refractivity contribution in [2.45, 2.75) is 6.04 Å². The summed E-state index contributed by atoms with van der Waals surface area (Å²) in [7, 11) is 4.42. The van der Waals surface area contributed by atoms with Crippen LogP contribution in [-0.2, 0) is 9.53 Å². The molecule has 152 valence electrons. The van der Waals surface area contributed by atoms with Gasteiger partial charge in [-0.3, -0.25) is 4.98 Å². The van der Waals surface area contributed by atoms with Gasteiger partial charge in [-0.1, -0.05) is 6.07 Å². The smallest absolute Gasteiger partial charge is 0.333 e. The SMILES string of the molecule is COC(=O)C(Nc1ccc(C#N)cc1)c1cc(OC)c(OC)cc1-c1cccnc1. The van der Waals surface area contributed by atoms with Gasteiger partial charge in [0.15, 0.2) is 17.5 Å². The predicted octanol–water partition coefficient (Wildman–Crippen LogP) is 3.96. The minimum absolute atomic E-state index is 0.475. The van der Waals surface area contributed by atoms with E-state index in [0.29, 0.717) is 28.3 Å². The predicted molar refractivity (Wildman–Crippen MR) is 112 cm³/mol. The fourth-order valence-corrected chi connectivity index (χ4v) is 3.09. The number of carbonyl (C=O) groups is 1. The van der Waals surface area contributed by atoms with E-state index >= 15 is 0 Å². The Morgan fingerprint density at radius 3 is 2.33 bits per heavy atom. The van der Waals surface area contributed by atoms with E-state index in [1.165, 1.54) is 14.2 Å². The molecular weight excluding hydrogens is 382 g/mol. The molecule has 1 heterocycles. The highest BCUT2D eigenvalue weighted by Gasteiger charge is 2.27. The highest BCUT2D eigenvalue weighted by atomic mass is 16.5. The molecule has 7 heteroatoms. The van der Waals surface area contributed by atoms with Crippen LogP contribution in [0.1, 0.15) is 17.2 Å². The van der Waals surface area contributed by atoms with Gasteiger partial charge in [-0.2, -0.15) is 5.26 Å². The lowest BCUT2D eigenvalue weighted by atomic mass is 9.94. The van der Waals surface area contributed by atoms with Gasteiger partial charge in [0.2, 0.25) is 0 Å². The van der Waals surface area contributed by atoms with Crippen LogP contribution in [0, 0.1) is 11.3 Å². The van der Waals surface area contributed by atoms with Gasteiger partial charge >= 0.3 is 5.97 Å². The van der Waals surface area contributed by atoms with Crippen molar-refractivity contribution < 1.29 is 19.0 Å². The Hall–Kier alpha value is -4.05. The van der Waals surface area contributed by atoms with E-state index in [-0.39, 0.29) is 0 Å². The highest BCUT2D eigenvalue weighted by molar-refractivity contribution is 5.86. The van der Waals surface area contributed by atoms with Gasteiger partial charge in [-0.25, -0.2) is 4.79 Å². The molecule has 3 aromatic rings. The fourth-order valence-electron chi connectivity index (χ4n) is 3.09. The summed E-state index contributed by atoms with van der Waals surface area (Å²) in [5, 5.41) is 12.2. The number of pyridine rings is 1. The molecule has 0 saturated heterocycles. The van der Waals surface area contributed by atoms with Crippen LogP contribution < -0.4 is 14.8 Å². The van der Waals surface area contributed by atoms with E-state index in [0.717, 1.165) is 11.1 Å². The molecule has 0 spiro atoms. The molecule has 0 aliphatic heterocycles.